The van der Waals surface area contributed by atoms with Crippen LogP contribution in [0.5, 0.6) is 0 Å². The maximum atomic E-state index is 11.6. The zero-order valence-corrected chi connectivity index (χ0v) is 9.67. The van der Waals surface area contributed by atoms with E-state index >= 15 is 0 Å². The Bertz CT molecular complexity index is 399. The van der Waals surface area contributed by atoms with Gasteiger partial charge in [-0.2, -0.15) is 0 Å². The molecule has 0 fully saturated rings. The number of unbranched alkanes of at least 4 members (excludes halogenated alkanes) is 1. The van der Waals surface area contributed by atoms with E-state index in [1.54, 1.807) is 0 Å². The average Bonchev–Trinajstić information content (AvgIpc) is 2.26. The lowest BCUT2D eigenvalue weighted by Crippen LogP contribution is -2.07. The first-order valence-corrected chi connectivity index (χ1v) is 5.45. The molecule has 1 aromatic heterocycles. The minimum atomic E-state index is -0.192. The third-order valence-electron chi connectivity index (χ3n) is 2.52. The minimum Gasteiger partial charge on any atom is -0.423 e. The summed E-state index contributed by atoms with van der Waals surface area (Å²) >= 11 is 0. The lowest BCUT2D eigenvalue weighted by Gasteiger charge is -2.01. The highest BCUT2D eigenvalue weighted by atomic mass is 16.4. The number of rotatable bonds is 4. The van der Waals surface area contributed by atoms with Crippen molar-refractivity contribution < 1.29 is 4.42 Å². The summed E-state index contributed by atoms with van der Waals surface area (Å²) < 4.78 is 5.23. The molecule has 2 nitrogen and oxygen atoms in total. The Morgan fingerprint density at radius 3 is 2.73 bits per heavy atom. The Kier molecular flexibility index (Phi) is 4.35. The summed E-state index contributed by atoms with van der Waals surface area (Å²) in [7, 11) is 0. The second-order valence-corrected chi connectivity index (χ2v) is 3.69. The maximum Gasteiger partial charge on any atom is 0.339 e. The Hall–Kier alpha value is -1.31. The van der Waals surface area contributed by atoms with Crippen LogP contribution in [-0.4, -0.2) is 0 Å². The second kappa shape index (κ2) is 5.54. The smallest absolute Gasteiger partial charge is 0.339 e. The van der Waals surface area contributed by atoms with Crippen LogP contribution >= 0.6 is 0 Å². The molecule has 0 aliphatic rings. The van der Waals surface area contributed by atoms with Crippen LogP contribution in [0.25, 0.3) is 5.57 Å². The lowest BCUT2D eigenvalue weighted by molar-refractivity contribution is 0.487. The SMILES string of the molecule is C/C=C(\C)c1ccc(CCCC)c(=O)o1. The normalized spacial score (nSPS) is 11.8. The fourth-order valence-corrected chi connectivity index (χ4v) is 1.35. The third-order valence-corrected chi connectivity index (χ3v) is 2.52. The Labute approximate surface area is 90.6 Å². The molecular formula is C13H18O2. The molecule has 1 heterocycles. The number of aryl methyl sites for hydroxylation is 1. The van der Waals surface area contributed by atoms with Crippen molar-refractivity contribution in [1.82, 2.24) is 0 Å². The van der Waals surface area contributed by atoms with Gasteiger partial charge >= 0.3 is 5.63 Å². The first kappa shape index (κ1) is 11.8. The summed E-state index contributed by atoms with van der Waals surface area (Å²) in [5, 5.41) is 0. The molecule has 0 radical (unpaired) electrons. The van der Waals surface area contributed by atoms with Crippen molar-refractivity contribution in [2.45, 2.75) is 40.0 Å². The fraction of sp³-hybridized carbons (Fsp3) is 0.462. The van der Waals surface area contributed by atoms with E-state index in [1.165, 1.54) is 0 Å². The molecule has 2 heteroatoms. The van der Waals surface area contributed by atoms with Crippen molar-refractivity contribution >= 4 is 5.57 Å². The summed E-state index contributed by atoms with van der Waals surface area (Å²) in [6.07, 6.45) is 4.87. The van der Waals surface area contributed by atoms with Crippen LogP contribution in [0.3, 0.4) is 0 Å². The summed E-state index contributed by atoms with van der Waals surface area (Å²) in [5.41, 5.74) is 1.58. The largest absolute Gasteiger partial charge is 0.423 e. The molecule has 0 saturated heterocycles. The van der Waals surface area contributed by atoms with Crippen LogP contribution in [0.1, 0.15) is 44.9 Å². The van der Waals surface area contributed by atoms with Gasteiger partial charge in [0, 0.05) is 5.56 Å². The van der Waals surface area contributed by atoms with E-state index in [1.807, 2.05) is 32.1 Å². The monoisotopic (exact) mass is 206 g/mol. The van der Waals surface area contributed by atoms with Crippen LogP contribution < -0.4 is 5.63 Å². The van der Waals surface area contributed by atoms with Crippen LogP contribution in [0, 0.1) is 0 Å². The first-order chi connectivity index (χ1) is 7.19. The third kappa shape index (κ3) is 3.08. The van der Waals surface area contributed by atoms with E-state index in [4.69, 9.17) is 4.42 Å². The van der Waals surface area contributed by atoms with Gasteiger partial charge in [-0.25, -0.2) is 4.79 Å². The summed E-state index contributed by atoms with van der Waals surface area (Å²) in [6.45, 7) is 5.98. The Morgan fingerprint density at radius 2 is 2.20 bits per heavy atom. The highest BCUT2D eigenvalue weighted by Gasteiger charge is 2.03. The van der Waals surface area contributed by atoms with Crippen molar-refractivity contribution in [2.24, 2.45) is 0 Å². The maximum absolute atomic E-state index is 11.6. The van der Waals surface area contributed by atoms with Gasteiger partial charge in [-0.1, -0.05) is 19.4 Å². The summed E-state index contributed by atoms with van der Waals surface area (Å²) in [4.78, 5) is 11.6. The average molecular weight is 206 g/mol. The van der Waals surface area contributed by atoms with Gasteiger partial charge in [0.25, 0.3) is 0 Å². The highest BCUT2D eigenvalue weighted by Crippen LogP contribution is 2.12. The Morgan fingerprint density at radius 1 is 1.47 bits per heavy atom. The van der Waals surface area contributed by atoms with E-state index in [2.05, 4.69) is 6.92 Å². The Balaban J connectivity index is 2.93. The predicted octanol–water partition coefficient (Wildman–Crippen LogP) is 3.41. The molecule has 82 valence electrons. The highest BCUT2D eigenvalue weighted by molar-refractivity contribution is 5.58. The topological polar surface area (TPSA) is 30.2 Å². The fourth-order valence-electron chi connectivity index (χ4n) is 1.35. The minimum absolute atomic E-state index is 0.192. The van der Waals surface area contributed by atoms with E-state index in [9.17, 15) is 4.79 Å². The van der Waals surface area contributed by atoms with Crippen LogP contribution in [0.4, 0.5) is 0 Å². The molecule has 0 aliphatic carbocycles. The molecule has 0 amide bonds. The molecular weight excluding hydrogens is 188 g/mol. The van der Waals surface area contributed by atoms with Gasteiger partial charge < -0.3 is 4.42 Å². The van der Waals surface area contributed by atoms with E-state index in [0.29, 0.717) is 5.76 Å². The predicted molar refractivity (Wildman–Crippen MR) is 62.9 cm³/mol. The molecule has 0 spiro atoms. The van der Waals surface area contributed by atoms with E-state index < -0.39 is 0 Å². The summed E-state index contributed by atoms with van der Waals surface area (Å²) in [5.74, 6) is 0.669. The van der Waals surface area contributed by atoms with Crippen molar-refractivity contribution in [3.63, 3.8) is 0 Å². The zero-order chi connectivity index (χ0) is 11.3. The van der Waals surface area contributed by atoms with Crippen molar-refractivity contribution in [2.75, 3.05) is 0 Å². The number of allylic oxidation sites excluding steroid dienone is 2. The van der Waals surface area contributed by atoms with Gasteiger partial charge in [-0.3, -0.25) is 0 Å². The summed E-state index contributed by atoms with van der Waals surface area (Å²) in [6, 6.07) is 3.76. The van der Waals surface area contributed by atoms with Gasteiger partial charge in [0.2, 0.25) is 0 Å². The van der Waals surface area contributed by atoms with Gasteiger partial charge in [0.05, 0.1) is 0 Å². The molecule has 0 atom stereocenters. The molecule has 0 saturated carbocycles. The first-order valence-electron chi connectivity index (χ1n) is 5.45. The quantitative estimate of drug-likeness (QED) is 0.755. The van der Waals surface area contributed by atoms with Gasteiger partial charge in [-0.05, 0) is 44.4 Å². The molecule has 1 rings (SSSR count). The molecule has 15 heavy (non-hydrogen) atoms. The molecule has 1 aromatic rings. The van der Waals surface area contributed by atoms with Crippen molar-refractivity contribution in [3.8, 4) is 0 Å². The molecule has 0 aromatic carbocycles. The molecule has 0 N–H and O–H groups in total. The van der Waals surface area contributed by atoms with Crippen molar-refractivity contribution in [1.29, 1.82) is 0 Å². The lowest BCUT2D eigenvalue weighted by atomic mass is 10.1. The molecule has 0 aliphatic heterocycles. The second-order valence-electron chi connectivity index (χ2n) is 3.69. The van der Waals surface area contributed by atoms with Crippen LogP contribution in [0.2, 0.25) is 0 Å². The number of hydrogen-bond acceptors (Lipinski definition) is 2. The van der Waals surface area contributed by atoms with E-state index in [-0.39, 0.29) is 5.63 Å². The standard InChI is InChI=1S/C13H18O2/c1-4-6-7-11-8-9-12(10(3)5-2)15-13(11)14/h5,8-9H,4,6-7H2,1-3H3/b10-5+. The van der Waals surface area contributed by atoms with Crippen LogP contribution in [0.15, 0.2) is 27.4 Å². The molecule has 0 bridgehead atoms. The zero-order valence-electron chi connectivity index (χ0n) is 9.67. The van der Waals surface area contributed by atoms with Gasteiger partial charge in [0.15, 0.2) is 0 Å². The molecule has 0 unspecified atom stereocenters. The van der Waals surface area contributed by atoms with E-state index in [0.717, 1.165) is 30.4 Å². The van der Waals surface area contributed by atoms with Crippen LogP contribution in [-0.2, 0) is 6.42 Å². The number of hydrogen-bond donors (Lipinski definition) is 0. The van der Waals surface area contributed by atoms with Gasteiger partial charge in [0.1, 0.15) is 5.76 Å². The van der Waals surface area contributed by atoms with Crippen molar-refractivity contribution in [3.05, 3.63) is 40.0 Å². The van der Waals surface area contributed by atoms with Gasteiger partial charge in [-0.15, -0.1) is 0 Å².